The molecule has 6 nitrogen and oxygen atoms in total. The van der Waals surface area contributed by atoms with Crippen molar-refractivity contribution in [3.8, 4) is 0 Å². The quantitative estimate of drug-likeness (QED) is 0.657. The summed E-state index contributed by atoms with van der Waals surface area (Å²) in [7, 11) is 0. The Morgan fingerprint density at radius 3 is 2.73 bits per heavy atom. The third-order valence-electron chi connectivity index (χ3n) is 4.73. The van der Waals surface area contributed by atoms with Crippen LogP contribution >= 0.6 is 0 Å². The van der Waals surface area contributed by atoms with Crippen LogP contribution in [0.2, 0.25) is 0 Å². The number of fused-ring (bicyclic) bond motifs is 3. The summed E-state index contributed by atoms with van der Waals surface area (Å²) in [6.07, 6.45) is 6.39. The van der Waals surface area contributed by atoms with Crippen LogP contribution in [0.1, 0.15) is 37.5 Å². The largest absolute Gasteiger partial charge is 0.383 e. The summed E-state index contributed by atoms with van der Waals surface area (Å²) < 4.78 is 0. The van der Waals surface area contributed by atoms with Gasteiger partial charge in [-0.05, 0) is 44.0 Å². The van der Waals surface area contributed by atoms with Gasteiger partial charge in [-0.2, -0.15) is 4.98 Å². The van der Waals surface area contributed by atoms with Crippen molar-refractivity contribution in [2.75, 3.05) is 16.8 Å². The highest BCUT2D eigenvalue weighted by atomic mass is 15.0. The standard InChI is InChI=1S/C20H22N6/c1-11-9-20(2,3)26-17-15(11)8-12(14-5-4-6-23-16(14)17)7-13-10-24-19(22)25-18(13)21/h4-6,8-10,26H,7H2,1-3H3,(H4,21,22,24,25). The molecular weight excluding hydrogens is 324 g/mol. The number of nitrogens with one attached hydrogen (secondary N) is 1. The van der Waals surface area contributed by atoms with Gasteiger partial charge in [-0.1, -0.05) is 12.1 Å². The molecule has 0 aliphatic carbocycles. The predicted molar refractivity (Wildman–Crippen MR) is 107 cm³/mol. The monoisotopic (exact) mass is 346 g/mol. The topological polar surface area (TPSA) is 103 Å². The van der Waals surface area contributed by atoms with Gasteiger partial charge in [0.25, 0.3) is 0 Å². The molecule has 0 amide bonds. The second kappa shape index (κ2) is 5.69. The second-order valence-corrected chi connectivity index (χ2v) is 7.35. The van der Waals surface area contributed by atoms with Crippen molar-refractivity contribution < 1.29 is 0 Å². The van der Waals surface area contributed by atoms with E-state index in [-0.39, 0.29) is 11.5 Å². The predicted octanol–water partition coefficient (Wildman–Crippen LogP) is 3.39. The highest BCUT2D eigenvalue weighted by molar-refractivity contribution is 6.00. The van der Waals surface area contributed by atoms with Crippen molar-refractivity contribution >= 4 is 33.9 Å². The van der Waals surface area contributed by atoms with E-state index in [9.17, 15) is 0 Å². The minimum absolute atomic E-state index is 0.113. The molecular formula is C20H22N6. The summed E-state index contributed by atoms with van der Waals surface area (Å²) in [5.41, 5.74) is 18.0. The van der Waals surface area contributed by atoms with Gasteiger partial charge in [-0.15, -0.1) is 0 Å². The summed E-state index contributed by atoms with van der Waals surface area (Å²) in [6, 6.07) is 6.26. The number of pyridine rings is 1. The molecule has 2 aromatic heterocycles. The summed E-state index contributed by atoms with van der Waals surface area (Å²) in [4.78, 5) is 12.8. The van der Waals surface area contributed by atoms with Gasteiger partial charge < -0.3 is 16.8 Å². The van der Waals surface area contributed by atoms with Crippen LogP contribution < -0.4 is 16.8 Å². The maximum absolute atomic E-state index is 6.04. The lowest BCUT2D eigenvalue weighted by Gasteiger charge is -2.32. The normalized spacial score (nSPS) is 15.3. The second-order valence-electron chi connectivity index (χ2n) is 7.35. The molecule has 1 aliphatic heterocycles. The van der Waals surface area contributed by atoms with E-state index in [0.717, 1.165) is 27.7 Å². The average molecular weight is 346 g/mol. The maximum atomic E-state index is 6.04. The van der Waals surface area contributed by atoms with Gasteiger partial charge in [0.15, 0.2) is 0 Å². The molecule has 0 saturated carbocycles. The van der Waals surface area contributed by atoms with Crippen molar-refractivity contribution in [3.63, 3.8) is 0 Å². The van der Waals surface area contributed by atoms with E-state index >= 15 is 0 Å². The van der Waals surface area contributed by atoms with Crippen LogP contribution in [0.4, 0.5) is 17.5 Å². The van der Waals surface area contributed by atoms with E-state index in [1.807, 2.05) is 12.3 Å². The van der Waals surface area contributed by atoms with Gasteiger partial charge in [-0.3, -0.25) is 4.98 Å². The van der Waals surface area contributed by atoms with Gasteiger partial charge in [0.2, 0.25) is 5.95 Å². The van der Waals surface area contributed by atoms with Crippen molar-refractivity contribution in [1.82, 2.24) is 15.0 Å². The van der Waals surface area contributed by atoms with E-state index in [1.54, 1.807) is 6.20 Å². The van der Waals surface area contributed by atoms with Crippen molar-refractivity contribution in [3.05, 3.63) is 53.4 Å². The fraction of sp³-hybridized carbons (Fsp3) is 0.250. The molecule has 0 atom stereocenters. The Kier molecular flexibility index (Phi) is 3.57. The first kappa shape index (κ1) is 16.3. The van der Waals surface area contributed by atoms with Crippen LogP contribution in [0.25, 0.3) is 16.5 Å². The number of nitrogen functional groups attached to an aromatic ring is 2. The highest BCUT2D eigenvalue weighted by Gasteiger charge is 2.25. The molecule has 4 rings (SSSR count). The number of nitrogens with two attached hydrogens (primary N) is 2. The summed E-state index contributed by atoms with van der Waals surface area (Å²) in [6.45, 7) is 6.46. The van der Waals surface area contributed by atoms with Crippen molar-refractivity contribution in [2.24, 2.45) is 0 Å². The number of allylic oxidation sites excluding steroid dienone is 1. The number of anilines is 3. The Morgan fingerprint density at radius 1 is 1.15 bits per heavy atom. The number of benzene rings is 1. The van der Waals surface area contributed by atoms with Crippen LogP contribution in [0.5, 0.6) is 0 Å². The average Bonchev–Trinajstić information content (AvgIpc) is 2.57. The molecule has 0 saturated heterocycles. The molecule has 3 heterocycles. The Morgan fingerprint density at radius 2 is 1.96 bits per heavy atom. The number of rotatable bonds is 2. The van der Waals surface area contributed by atoms with Gasteiger partial charge in [0.1, 0.15) is 5.82 Å². The van der Waals surface area contributed by atoms with Crippen LogP contribution in [0, 0.1) is 0 Å². The first-order chi connectivity index (χ1) is 12.3. The molecule has 132 valence electrons. The number of hydrogen-bond acceptors (Lipinski definition) is 6. The lowest BCUT2D eigenvalue weighted by molar-refractivity contribution is 0.708. The summed E-state index contributed by atoms with van der Waals surface area (Å²) >= 11 is 0. The number of aromatic nitrogens is 3. The fourth-order valence-corrected chi connectivity index (χ4v) is 3.65. The first-order valence-electron chi connectivity index (χ1n) is 8.59. The zero-order valence-electron chi connectivity index (χ0n) is 15.2. The lowest BCUT2D eigenvalue weighted by atomic mass is 9.87. The minimum atomic E-state index is -0.113. The van der Waals surface area contributed by atoms with Crippen LogP contribution in [-0.4, -0.2) is 20.5 Å². The maximum Gasteiger partial charge on any atom is 0.221 e. The van der Waals surface area contributed by atoms with Gasteiger partial charge in [-0.25, -0.2) is 4.98 Å². The molecule has 6 heteroatoms. The van der Waals surface area contributed by atoms with Crippen molar-refractivity contribution in [2.45, 2.75) is 32.7 Å². The van der Waals surface area contributed by atoms with Gasteiger partial charge in [0, 0.05) is 35.3 Å². The van der Waals surface area contributed by atoms with Gasteiger partial charge in [0.05, 0.1) is 16.7 Å². The molecule has 0 bridgehead atoms. The third kappa shape index (κ3) is 2.73. The highest BCUT2D eigenvalue weighted by Crippen LogP contribution is 2.40. The fourth-order valence-electron chi connectivity index (χ4n) is 3.65. The van der Waals surface area contributed by atoms with Gasteiger partial charge >= 0.3 is 0 Å². The SMILES string of the molecule is CC1=CC(C)(C)Nc2c1cc(Cc1cnc(N)nc1N)c1cccnc21. The molecule has 3 aromatic rings. The molecule has 1 aliphatic rings. The lowest BCUT2D eigenvalue weighted by Crippen LogP contribution is -2.31. The molecule has 0 fully saturated rings. The van der Waals surface area contributed by atoms with Crippen LogP contribution in [0.3, 0.4) is 0 Å². The zero-order chi connectivity index (χ0) is 18.5. The van der Waals surface area contributed by atoms with E-state index in [1.165, 1.54) is 11.1 Å². The van der Waals surface area contributed by atoms with E-state index in [0.29, 0.717) is 12.2 Å². The molecule has 1 aromatic carbocycles. The Hall–Kier alpha value is -3.15. The number of nitrogens with zero attached hydrogens (tertiary/aromatic N) is 3. The van der Waals surface area contributed by atoms with Crippen LogP contribution in [0.15, 0.2) is 36.7 Å². The first-order valence-corrected chi connectivity index (χ1v) is 8.59. The Bertz CT molecular complexity index is 1050. The van der Waals surface area contributed by atoms with Crippen molar-refractivity contribution in [1.29, 1.82) is 0 Å². The van der Waals surface area contributed by atoms with E-state index in [4.69, 9.17) is 11.5 Å². The Labute approximate surface area is 152 Å². The van der Waals surface area contributed by atoms with E-state index < -0.39 is 0 Å². The molecule has 5 N–H and O–H groups in total. The molecule has 26 heavy (non-hydrogen) atoms. The Balaban J connectivity index is 1.92. The summed E-state index contributed by atoms with van der Waals surface area (Å²) in [5.74, 6) is 0.604. The smallest absolute Gasteiger partial charge is 0.221 e. The zero-order valence-corrected chi connectivity index (χ0v) is 15.2. The summed E-state index contributed by atoms with van der Waals surface area (Å²) in [5, 5.41) is 4.71. The van der Waals surface area contributed by atoms with E-state index in [2.05, 4.69) is 59.2 Å². The van der Waals surface area contributed by atoms with Crippen LogP contribution in [-0.2, 0) is 6.42 Å². The molecule has 0 radical (unpaired) electrons. The third-order valence-corrected chi connectivity index (χ3v) is 4.73. The molecule has 0 spiro atoms. The number of hydrogen-bond donors (Lipinski definition) is 3. The molecule has 0 unspecified atom stereocenters. The minimum Gasteiger partial charge on any atom is -0.383 e.